The highest BCUT2D eigenvalue weighted by Crippen LogP contribution is 2.45. The number of aromatic hydroxyl groups is 2. The fourth-order valence-corrected chi connectivity index (χ4v) is 3.55. The minimum absolute atomic E-state index is 0. The summed E-state index contributed by atoms with van der Waals surface area (Å²) in [4.78, 5) is 0. The summed E-state index contributed by atoms with van der Waals surface area (Å²) in [7, 11) is 0. The molecule has 0 radical (unpaired) electrons. The molecular formula is C18H20BrNO3. The first-order valence-electron chi connectivity index (χ1n) is 7.71. The zero-order valence-corrected chi connectivity index (χ0v) is 14.6. The first-order chi connectivity index (χ1) is 10.7. The van der Waals surface area contributed by atoms with Crippen molar-refractivity contribution >= 4 is 17.0 Å². The number of ether oxygens (including phenoxy) is 1. The Labute approximate surface area is 145 Å². The molecule has 2 aliphatic heterocycles. The predicted octanol–water partition coefficient (Wildman–Crippen LogP) is 3.23. The molecule has 4 rings (SSSR count). The van der Waals surface area contributed by atoms with E-state index in [2.05, 4.69) is 30.4 Å². The number of fused-ring (bicyclic) bond motifs is 5. The quantitative estimate of drug-likeness (QED) is 0.667. The van der Waals surface area contributed by atoms with E-state index in [0.717, 1.165) is 18.5 Å². The Bertz CT molecular complexity index is 747. The fraction of sp³-hybridized carbons (Fsp3) is 0.333. The molecule has 0 saturated heterocycles. The summed E-state index contributed by atoms with van der Waals surface area (Å²) in [5.74, 6) is 0.573. The Balaban J connectivity index is 0.00000156. The van der Waals surface area contributed by atoms with Gasteiger partial charge in [-0.05, 0) is 29.2 Å². The highest BCUT2D eigenvalue weighted by atomic mass is 79.9. The molecule has 122 valence electrons. The Hall–Kier alpha value is -1.72. The first-order valence-corrected chi connectivity index (χ1v) is 7.71. The first kappa shape index (κ1) is 16.1. The van der Waals surface area contributed by atoms with Crippen molar-refractivity contribution in [1.29, 1.82) is 0 Å². The summed E-state index contributed by atoms with van der Waals surface area (Å²) in [6.07, 6.45) is 1.00. The molecule has 5 heteroatoms. The van der Waals surface area contributed by atoms with Crippen LogP contribution in [0.5, 0.6) is 17.2 Å². The number of halogens is 1. The van der Waals surface area contributed by atoms with Crippen LogP contribution in [0.2, 0.25) is 0 Å². The molecular weight excluding hydrogens is 358 g/mol. The maximum atomic E-state index is 9.89. The number of hydrogen-bond acceptors (Lipinski definition) is 4. The standard InChI is InChI=1S/C18H19NO3.BrH/c1-2-10-3-4-11-8-19-14-9-22-17-7-16(21)15(20)6-13(17)18(14)12(11)5-10;/h3-7,14,18-21H,2,8-9H2,1H3;1H/t14-,18-;/m1./s1. The van der Waals surface area contributed by atoms with Crippen molar-refractivity contribution in [3.63, 3.8) is 0 Å². The van der Waals surface area contributed by atoms with Crippen LogP contribution in [0, 0.1) is 0 Å². The van der Waals surface area contributed by atoms with E-state index in [4.69, 9.17) is 4.74 Å². The summed E-state index contributed by atoms with van der Waals surface area (Å²) in [5, 5.41) is 23.1. The lowest BCUT2D eigenvalue weighted by atomic mass is 9.78. The molecule has 0 bridgehead atoms. The second kappa shape index (κ2) is 6.06. The van der Waals surface area contributed by atoms with Gasteiger partial charge in [-0.3, -0.25) is 0 Å². The minimum atomic E-state index is -0.136. The van der Waals surface area contributed by atoms with Gasteiger partial charge in [-0.15, -0.1) is 17.0 Å². The number of phenols is 2. The second-order valence-electron chi connectivity index (χ2n) is 6.04. The van der Waals surface area contributed by atoms with Crippen molar-refractivity contribution in [2.24, 2.45) is 0 Å². The third-order valence-electron chi connectivity index (χ3n) is 4.77. The van der Waals surface area contributed by atoms with Gasteiger partial charge in [-0.1, -0.05) is 25.1 Å². The SMILES string of the molecule is Br.CCc1ccc2c(c1)[C@@H]1c3cc(O)c(O)cc3OC[C@H]1NC2. The third kappa shape index (κ3) is 2.58. The Morgan fingerprint density at radius 3 is 2.70 bits per heavy atom. The van der Waals surface area contributed by atoms with Gasteiger partial charge in [0.2, 0.25) is 0 Å². The van der Waals surface area contributed by atoms with Gasteiger partial charge in [-0.2, -0.15) is 0 Å². The van der Waals surface area contributed by atoms with Crippen molar-refractivity contribution in [3.05, 3.63) is 52.6 Å². The zero-order chi connectivity index (χ0) is 15.3. The van der Waals surface area contributed by atoms with Crippen molar-refractivity contribution in [2.45, 2.75) is 31.8 Å². The van der Waals surface area contributed by atoms with E-state index in [0.29, 0.717) is 12.4 Å². The highest BCUT2D eigenvalue weighted by Gasteiger charge is 2.37. The van der Waals surface area contributed by atoms with Gasteiger partial charge in [0.15, 0.2) is 11.5 Å². The largest absolute Gasteiger partial charge is 0.504 e. The van der Waals surface area contributed by atoms with Gasteiger partial charge < -0.3 is 20.3 Å². The van der Waals surface area contributed by atoms with Crippen LogP contribution in [-0.4, -0.2) is 22.9 Å². The average Bonchev–Trinajstić information content (AvgIpc) is 2.55. The molecule has 0 unspecified atom stereocenters. The van der Waals surface area contributed by atoms with Crippen molar-refractivity contribution in [3.8, 4) is 17.2 Å². The number of phenolic OH excluding ortho intramolecular Hbond substituents is 2. The average molecular weight is 378 g/mol. The molecule has 0 aromatic heterocycles. The van der Waals surface area contributed by atoms with Gasteiger partial charge in [0.1, 0.15) is 12.4 Å². The van der Waals surface area contributed by atoms with Crippen LogP contribution < -0.4 is 10.1 Å². The smallest absolute Gasteiger partial charge is 0.161 e. The van der Waals surface area contributed by atoms with E-state index in [1.807, 2.05) is 0 Å². The molecule has 4 nitrogen and oxygen atoms in total. The highest BCUT2D eigenvalue weighted by molar-refractivity contribution is 8.93. The Kier molecular flexibility index (Phi) is 4.25. The number of aryl methyl sites for hydroxylation is 1. The Morgan fingerprint density at radius 1 is 1.13 bits per heavy atom. The molecule has 3 N–H and O–H groups in total. The van der Waals surface area contributed by atoms with Gasteiger partial charge in [-0.25, -0.2) is 0 Å². The lowest BCUT2D eigenvalue weighted by molar-refractivity contribution is 0.214. The maximum Gasteiger partial charge on any atom is 0.161 e. The van der Waals surface area contributed by atoms with Crippen LogP contribution in [0.1, 0.15) is 35.1 Å². The molecule has 23 heavy (non-hydrogen) atoms. The molecule has 0 fully saturated rings. The van der Waals surface area contributed by atoms with Crippen LogP contribution in [0.15, 0.2) is 30.3 Å². The molecule has 2 aromatic rings. The summed E-state index contributed by atoms with van der Waals surface area (Å²) in [5.41, 5.74) is 4.85. The monoisotopic (exact) mass is 377 g/mol. The molecule has 0 amide bonds. The molecule has 0 saturated carbocycles. The van der Waals surface area contributed by atoms with Crippen LogP contribution in [0.3, 0.4) is 0 Å². The number of nitrogens with one attached hydrogen (secondary N) is 1. The molecule has 0 aliphatic carbocycles. The van der Waals surface area contributed by atoms with E-state index in [1.165, 1.54) is 22.8 Å². The molecule has 2 aliphatic rings. The summed E-state index contributed by atoms with van der Waals surface area (Å²) in [6, 6.07) is 9.97. The molecule has 2 heterocycles. The van der Waals surface area contributed by atoms with Crippen LogP contribution >= 0.6 is 17.0 Å². The van der Waals surface area contributed by atoms with E-state index in [1.54, 1.807) is 6.07 Å². The van der Waals surface area contributed by atoms with Gasteiger partial charge >= 0.3 is 0 Å². The summed E-state index contributed by atoms with van der Waals surface area (Å²) in [6.45, 7) is 3.56. The minimum Gasteiger partial charge on any atom is -0.504 e. The molecule has 0 spiro atoms. The number of rotatable bonds is 1. The van der Waals surface area contributed by atoms with Crippen LogP contribution in [0.4, 0.5) is 0 Å². The third-order valence-corrected chi connectivity index (χ3v) is 4.77. The van der Waals surface area contributed by atoms with Crippen LogP contribution in [0.25, 0.3) is 0 Å². The van der Waals surface area contributed by atoms with Gasteiger partial charge in [0.25, 0.3) is 0 Å². The lowest BCUT2D eigenvalue weighted by Gasteiger charge is -2.39. The fourth-order valence-electron chi connectivity index (χ4n) is 3.55. The number of benzene rings is 2. The van der Waals surface area contributed by atoms with Gasteiger partial charge in [0, 0.05) is 24.1 Å². The summed E-state index contributed by atoms with van der Waals surface area (Å²) >= 11 is 0. The molecule has 2 aromatic carbocycles. The normalized spacial score (nSPS) is 21.3. The Morgan fingerprint density at radius 2 is 1.91 bits per heavy atom. The van der Waals surface area contributed by atoms with E-state index >= 15 is 0 Å². The second-order valence-corrected chi connectivity index (χ2v) is 6.04. The van der Waals surface area contributed by atoms with Crippen molar-refractivity contribution < 1.29 is 14.9 Å². The predicted molar refractivity (Wildman–Crippen MR) is 93.9 cm³/mol. The van der Waals surface area contributed by atoms with E-state index in [-0.39, 0.29) is 40.4 Å². The van der Waals surface area contributed by atoms with E-state index in [9.17, 15) is 10.2 Å². The lowest BCUT2D eigenvalue weighted by Crippen LogP contribution is -2.46. The maximum absolute atomic E-state index is 9.89. The summed E-state index contributed by atoms with van der Waals surface area (Å²) < 4.78 is 5.77. The van der Waals surface area contributed by atoms with Crippen molar-refractivity contribution in [1.82, 2.24) is 5.32 Å². The van der Waals surface area contributed by atoms with E-state index < -0.39 is 0 Å². The number of hydrogen-bond donors (Lipinski definition) is 3. The van der Waals surface area contributed by atoms with Crippen LogP contribution in [-0.2, 0) is 13.0 Å². The van der Waals surface area contributed by atoms with Crippen molar-refractivity contribution in [2.75, 3.05) is 6.61 Å². The zero-order valence-electron chi connectivity index (χ0n) is 12.9. The molecule has 2 atom stereocenters. The topological polar surface area (TPSA) is 61.7 Å². The van der Waals surface area contributed by atoms with Gasteiger partial charge in [0.05, 0.1) is 6.04 Å².